The maximum absolute atomic E-state index is 15.9. The SMILES string of the molecule is Cc1ncc([N+](=O)[O-])n1CC(c1nc2cc(Cl)c(Cl)cc2nc1C(C)C)S(=O)(=O)C(Cn1c([N+](=O)[O-])cnc1C)c1nc2cc(Cl)c(Cl)cc2nc1C(C)C. The van der Waals surface area contributed by atoms with Crippen LogP contribution in [0, 0.1) is 34.1 Å². The molecule has 6 rings (SSSR count). The van der Waals surface area contributed by atoms with Crippen molar-refractivity contribution in [3.63, 3.8) is 0 Å². The Morgan fingerprint density at radius 2 is 0.891 bits per heavy atom. The van der Waals surface area contributed by atoms with E-state index in [9.17, 15) is 20.2 Å². The number of sulfone groups is 1. The fraction of sp³-hybridized carbons (Fsp3) is 0.353. The molecule has 4 aromatic heterocycles. The van der Waals surface area contributed by atoms with E-state index < -0.39 is 66.7 Å². The number of hydrogen-bond acceptors (Lipinski definition) is 12. The third-order valence-corrected chi connectivity index (χ3v) is 12.9. The van der Waals surface area contributed by atoms with Gasteiger partial charge in [-0.15, -0.1) is 0 Å². The van der Waals surface area contributed by atoms with Crippen LogP contribution >= 0.6 is 46.4 Å². The Bertz CT molecular complexity index is 2480. The summed E-state index contributed by atoms with van der Waals surface area (Å²) in [6, 6.07) is 5.92. The number of aromatic nitrogens is 8. The first-order valence-corrected chi connectivity index (χ1v) is 19.8. The van der Waals surface area contributed by atoms with Gasteiger partial charge in [-0.1, -0.05) is 74.1 Å². The summed E-state index contributed by atoms with van der Waals surface area (Å²) >= 11 is 25.4. The Hall–Kier alpha value is -4.55. The van der Waals surface area contributed by atoms with Crippen LogP contribution in [-0.4, -0.2) is 57.3 Å². The first kappa shape index (κ1) is 40.1. The van der Waals surface area contributed by atoms with E-state index >= 15 is 8.42 Å². The molecule has 0 aliphatic rings. The summed E-state index contributed by atoms with van der Waals surface area (Å²) in [4.78, 5) is 50.6. The molecule has 2 aromatic carbocycles. The van der Waals surface area contributed by atoms with Gasteiger partial charge >= 0.3 is 11.6 Å². The molecule has 4 heterocycles. The second-order valence-corrected chi connectivity index (χ2v) is 17.4. The topological polar surface area (TPSA) is 208 Å². The van der Waals surface area contributed by atoms with Crippen molar-refractivity contribution in [2.24, 2.45) is 0 Å². The summed E-state index contributed by atoms with van der Waals surface area (Å²) in [7, 11) is -4.79. The molecule has 0 spiro atoms. The van der Waals surface area contributed by atoms with Crippen molar-refractivity contribution < 1.29 is 18.3 Å². The van der Waals surface area contributed by atoms with E-state index in [2.05, 4.69) is 9.97 Å². The van der Waals surface area contributed by atoms with Gasteiger partial charge in [0.15, 0.2) is 21.5 Å². The molecule has 16 nitrogen and oxygen atoms in total. The Balaban J connectivity index is 1.72. The van der Waals surface area contributed by atoms with Crippen molar-refractivity contribution in [3.05, 3.63) is 111 Å². The number of nitro groups is 2. The Labute approximate surface area is 334 Å². The lowest BCUT2D eigenvalue weighted by molar-refractivity contribution is -0.392. The van der Waals surface area contributed by atoms with Crippen LogP contribution < -0.4 is 0 Å². The Morgan fingerprint density at radius 1 is 0.600 bits per heavy atom. The van der Waals surface area contributed by atoms with Crippen molar-refractivity contribution in [2.75, 3.05) is 0 Å². The third-order valence-electron chi connectivity index (χ3n) is 9.16. The molecule has 55 heavy (non-hydrogen) atoms. The zero-order chi connectivity index (χ0) is 40.3. The van der Waals surface area contributed by atoms with Gasteiger partial charge in [0, 0.05) is 13.8 Å². The summed E-state index contributed by atoms with van der Waals surface area (Å²) in [5.74, 6) is -1.48. The number of hydrogen-bond donors (Lipinski definition) is 0. The molecule has 21 heteroatoms. The molecular formula is C34H32Cl4N10O6S. The molecule has 6 aromatic rings. The average molecular weight is 851 g/mol. The number of aryl methyl sites for hydroxylation is 2. The second-order valence-electron chi connectivity index (χ2n) is 13.4. The molecule has 0 radical (unpaired) electrons. The number of fused-ring (bicyclic) bond motifs is 2. The normalized spacial score (nSPS) is 13.3. The maximum Gasteiger partial charge on any atom is 0.342 e. The predicted octanol–water partition coefficient (Wildman–Crippen LogP) is 8.86. The van der Waals surface area contributed by atoms with Crippen LogP contribution in [0.25, 0.3) is 22.1 Å². The predicted molar refractivity (Wildman–Crippen MR) is 209 cm³/mol. The molecule has 0 saturated carbocycles. The van der Waals surface area contributed by atoms with Crippen LogP contribution in [0.3, 0.4) is 0 Å². The Kier molecular flexibility index (Phi) is 11.1. The van der Waals surface area contributed by atoms with E-state index in [1.165, 1.54) is 47.2 Å². The van der Waals surface area contributed by atoms with Crippen LogP contribution in [-0.2, 0) is 22.9 Å². The molecule has 2 unspecified atom stereocenters. The van der Waals surface area contributed by atoms with Gasteiger partial charge < -0.3 is 20.2 Å². The minimum atomic E-state index is -4.79. The quantitative estimate of drug-likeness (QED) is 0.0836. The van der Waals surface area contributed by atoms with Crippen LogP contribution in [0.2, 0.25) is 20.1 Å². The molecule has 0 N–H and O–H groups in total. The molecule has 0 aliphatic carbocycles. The smallest absolute Gasteiger partial charge is 0.342 e. The van der Waals surface area contributed by atoms with E-state index in [0.717, 1.165) is 12.4 Å². The number of nitrogens with zero attached hydrogens (tertiary/aromatic N) is 10. The molecular weight excluding hydrogens is 818 g/mol. The van der Waals surface area contributed by atoms with Crippen LogP contribution in [0.4, 0.5) is 11.6 Å². The first-order valence-electron chi connectivity index (χ1n) is 16.7. The highest BCUT2D eigenvalue weighted by Gasteiger charge is 2.46. The number of imidazole rings is 2. The molecule has 0 aliphatic heterocycles. The van der Waals surface area contributed by atoms with Gasteiger partial charge in [0.1, 0.15) is 36.0 Å². The number of halogens is 4. The molecule has 0 fully saturated rings. The Morgan fingerprint density at radius 3 is 1.16 bits per heavy atom. The standard InChI is InChI=1S/C34H32Cl4N10O6S/c1-15(2)31-33(43-25-9-21(37)19(35)7-23(25)41-31)27(13-45-17(5)39-11-29(45)47(49)50)55(53,54)28(14-46-18(6)40-12-30(46)48(51)52)34-32(16(3)4)42-24-8-20(36)22(38)10-26(24)44-34/h7-12,15-16,27-28H,13-14H2,1-6H3. The fourth-order valence-corrected chi connectivity index (χ4v) is 9.07. The lowest BCUT2D eigenvalue weighted by Gasteiger charge is -2.27. The van der Waals surface area contributed by atoms with Crippen molar-refractivity contribution in [2.45, 2.75) is 77.0 Å². The van der Waals surface area contributed by atoms with Gasteiger partial charge in [-0.2, -0.15) is 0 Å². The molecule has 288 valence electrons. The zero-order valence-electron chi connectivity index (χ0n) is 30.0. The van der Waals surface area contributed by atoms with Gasteiger partial charge in [0.05, 0.1) is 64.9 Å². The minimum absolute atomic E-state index is 0.0280. The zero-order valence-corrected chi connectivity index (χ0v) is 33.9. The highest BCUT2D eigenvalue weighted by Crippen LogP contribution is 2.43. The van der Waals surface area contributed by atoms with E-state index in [4.69, 9.17) is 66.3 Å². The van der Waals surface area contributed by atoms with E-state index in [1.54, 1.807) is 27.7 Å². The van der Waals surface area contributed by atoms with Crippen LogP contribution in [0.15, 0.2) is 36.7 Å². The third kappa shape index (κ3) is 7.55. The van der Waals surface area contributed by atoms with Crippen molar-refractivity contribution in [1.29, 1.82) is 0 Å². The summed E-state index contributed by atoms with van der Waals surface area (Å²) in [5.41, 5.74) is 1.56. The summed E-state index contributed by atoms with van der Waals surface area (Å²) < 4.78 is 34.1. The van der Waals surface area contributed by atoms with Gasteiger partial charge in [0.25, 0.3) is 0 Å². The van der Waals surface area contributed by atoms with Gasteiger partial charge in [-0.25, -0.2) is 47.5 Å². The van der Waals surface area contributed by atoms with Crippen molar-refractivity contribution >= 4 is 89.9 Å². The molecule has 2 atom stereocenters. The summed E-state index contributed by atoms with van der Waals surface area (Å²) in [6.07, 6.45) is 2.07. The van der Waals surface area contributed by atoms with Gasteiger partial charge in [-0.05, 0) is 45.9 Å². The first-order chi connectivity index (χ1) is 25.8. The number of benzene rings is 2. The minimum Gasteiger partial charge on any atom is -0.358 e. The highest BCUT2D eigenvalue weighted by molar-refractivity contribution is 7.91. The molecule has 0 amide bonds. The average Bonchev–Trinajstić information content (AvgIpc) is 3.67. The van der Waals surface area contributed by atoms with Gasteiger partial charge in [-0.3, -0.25) is 0 Å². The molecule has 0 saturated heterocycles. The largest absolute Gasteiger partial charge is 0.358 e. The maximum atomic E-state index is 15.9. The van der Waals surface area contributed by atoms with Crippen molar-refractivity contribution in [3.8, 4) is 0 Å². The molecule has 0 bridgehead atoms. The summed E-state index contributed by atoms with van der Waals surface area (Å²) in [6.45, 7) is 9.08. The summed E-state index contributed by atoms with van der Waals surface area (Å²) in [5, 5.41) is 21.8. The lowest BCUT2D eigenvalue weighted by atomic mass is 10.0. The second kappa shape index (κ2) is 15.2. The lowest BCUT2D eigenvalue weighted by Crippen LogP contribution is -2.31. The fourth-order valence-electron chi connectivity index (χ4n) is 6.36. The van der Waals surface area contributed by atoms with E-state index in [-0.39, 0.29) is 65.5 Å². The number of rotatable bonds is 12. The monoisotopic (exact) mass is 848 g/mol. The van der Waals surface area contributed by atoms with Crippen LogP contribution in [0.1, 0.15) is 84.5 Å². The highest BCUT2D eigenvalue weighted by atomic mass is 35.5. The van der Waals surface area contributed by atoms with E-state index in [0.29, 0.717) is 11.0 Å². The van der Waals surface area contributed by atoms with Crippen molar-refractivity contribution in [1.82, 2.24) is 39.0 Å². The van der Waals surface area contributed by atoms with Gasteiger partial charge in [0.2, 0.25) is 0 Å². The van der Waals surface area contributed by atoms with E-state index in [1.807, 2.05) is 0 Å². The van der Waals surface area contributed by atoms with Crippen LogP contribution in [0.5, 0.6) is 0 Å².